The predicted octanol–water partition coefficient (Wildman–Crippen LogP) is 2.93. The van der Waals surface area contributed by atoms with Crippen LogP contribution in [0.15, 0.2) is 30.4 Å². The monoisotopic (exact) mass is 299 g/mol. The lowest BCUT2D eigenvalue weighted by Crippen LogP contribution is -2.39. The second-order valence-electron chi connectivity index (χ2n) is 5.64. The summed E-state index contributed by atoms with van der Waals surface area (Å²) in [6.07, 6.45) is 7.48. The number of hydrogen-bond donors (Lipinski definition) is 1. The van der Waals surface area contributed by atoms with Crippen molar-refractivity contribution in [1.29, 1.82) is 0 Å². The van der Waals surface area contributed by atoms with E-state index in [9.17, 15) is 4.79 Å². The van der Waals surface area contributed by atoms with Gasteiger partial charge in [-0.3, -0.25) is 0 Å². The summed E-state index contributed by atoms with van der Waals surface area (Å²) in [5.41, 5.74) is 2.48. The molecule has 1 atom stereocenters. The lowest BCUT2D eigenvalue weighted by molar-refractivity contribution is 0.208. The lowest BCUT2D eigenvalue weighted by atomic mass is 10.1. The van der Waals surface area contributed by atoms with Gasteiger partial charge in [-0.2, -0.15) is 0 Å². The van der Waals surface area contributed by atoms with E-state index < -0.39 is 0 Å². The fourth-order valence-electron chi connectivity index (χ4n) is 2.78. The van der Waals surface area contributed by atoms with Crippen LogP contribution in [-0.4, -0.2) is 38.5 Å². The number of carbonyl (C=O) groups is 1. The van der Waals surface area contributed by atoms with E-state index in [1.807, 2.05) is 30.1 Å². The molecule has 3 rings (SSSR count). The van der Waals surface area contributed by atoms with Gasteiger partial charge in [-0.05, 0) is 24.6 Å². The second-order valence-corrected chi connectivity index (χ2v) is 5.64. The highest BCUT2D eigenvalue weighted by Gasteiger charge is 2.24. The minimum atomic E-state index is -0.0608. The van der Waals surface area contributed by atoms with Gasteiger partial charge in [-0.25, -0.2) is 9.48 Å². The van der Waals surface area contributed by atoms with Crippen LogP contribution in [-0.2, 0) is 7.05 Å². The number of anilines is 1. The first-order valence-electron chi connectivity index (χ1n) is 7.72. The average molecular weight is 299 g/mol. The van der Waals surface area contributed by atoms with Crippen LogP contribution < -0.4 is 5.32 Å². The Balaban J connectivity index is 1.69. The molecule has 2 aromatic rings. The Bertz CT molecular complexity index is 706. The van der Waals surface area contributed by atoms with Crippen LogP contribution in [0.2, 0.25) is 0 Å². The molecule has 22 heavy (non-hydrogen) atoms. The number of nitrogens with one attached hydrogen (secondary N) is 1. The summed E-state index contributed by atoms with van der Waals surface area (Å²) in [5, 5.41) is 11.0. The van der Waals surface area contributed by atoms with E-state index in [1.165, 1.54) is 0 Å². The number of carbonyl (C=O) groups excluding carboxylic acids is 1. The molecule has 0 aliphatic carbocycles. The second kappa shape index (κ2) is 6.17. The van der Waals surface area contributed by atoms with E-state index >= 15 is 0 Å². The van der Waals surface area contributed by atoms with Gasteiger partial charge in [0.15, 0.2) is 0 Å². The summed E-state index contributed by atoms with van der Waals surface area (Å²) in [5.74, 6) is 0. The van der Waals surface area contributed by atoms with E-state index in [1.54, 1.807) is 4.68 Å². The van der Waals surface area contributed by atoms with Gasteiger partial charge < -0.3 is 10.2 Å². The molecular weight excluding hydrogens is 278 g/mol. The van der Waals surface area contributed by atoms with Gasteiger partial charge in [0.25, 0.3) is 0 Å². The number of hydrogen-bond acceptors (Lipinski definition) is 3. The number of aromatic nitrogens is 3. The van der Waals surface area contributed by atoms with Crippen LogP contribution >= 0.6 is 0 Å². The molecule has 0 radical (unpaired) electrons. The van der Waals surface area contributed by atoms with Crippen molar-refractivity contribution < 1.29 is 4.79 Å². The molecule has 1 N–H and O–H groups in total. The van der Waals surface area contributed by atoms with Crippen molar-refractivity contribution in [2.75, 3.05) is 11.9 Å². The van der Waals surface area contributed by atoms with E-state index in [2.05, 4.69) is 34.7 Å². The number of benzene rings is 1. The van der Waals surface area contributed by atoms with Crippen molar-refractivity contribution in [3.63, 3.8) is 0 Å². The topological polar surface area (TPSA) is 63.1 Å². The summed E-state index contributed by atoms with van der Waals surface area (Å²) in [6, 6.07) is 5.80. The van der Waals surface area contributed by atoms with Crippen LogP contribution in [0.5, 0.6) is 0 Å². The fourth-order valence-corrected chi connectivity index (χ4v) is 2.78. The minimum Gasteiger partial charge on any atom is -0.314 e. The summed E-state index contributed by atoms with van der Waals surface area (Å²) >= 11 is 0. The van der Waals surface area contributed by atoms with Gasteiger partial charge in [-0.15, -0.1) is 5.10 Å². The smallest absolute Gasteiger partial charge is 0.314 e. The number of fused-ring (bicyclic) bond motifs is 1. The maximum atomic E-state index is 12.5. The van der Waals surface area contributed by atoms with E-state index in [0.29, 0.717) is 6.54 Å². The zero-order valence-corrected chi connectivity index (χ0v) is 13.0. The number of nitrogens with zero attached hydrogens (tertiary/aromatic N) is 4. The molecule has 0 saturated heterocycles. The molecule has 0 saturated carbocycles. The van der Waals surface area contributed by atoms with Crippen LogP contribution in [0.4, 0.5) is 10.5 Å². The number of aryl methyl sites for hydroxylation is 1. The Kier molecular flexibility index (Phi) is 4.09. The summed E-state index contributed by atoms with van der Waals surface area (Å²) in [6.45, 7) is 2.84. The van der Waals surface area contributed by atoms with Crippen molar-refractivity contribution >= 4 is 22.8 Å². The summed E-state index contributed by atoms with van der Waals surface area (Å²) in [7, 11) is 1.85. The van der Waals surface area contributed by atoms with Gasteiger partial charge >= 0.3 is 6.03 Å². The number of amides is 2. The average Bonchev–Trinajstić information content (AvgIpc) is 3.12. The largest absolute Gasteiger partial charge is 0.322 e. The predicted molar refractivity (Wildman–Crippen MR) is 86.7 cm³/mol. The van der Waals surface area contributed by atoms with Crippen molar-refractivity contribution in [1.82, 2.24) is 19.9 Å². The number of unbranched alkanes of at least 4 members (excludes halogenated alkanes) is 1. The molecule has 1 aliphatic rings. The molecule has 0 spiro atoms. The molecule has 116 valence electrons. The Labute approximate surface area is 129 Å². The highest BCUT2D eigenvalue weighted by Crippen LogP contribution is 2.20. The minimum absolute atomic E-state index is 0.0608. The van der Waals surface area contributed by atoms with Crippen LogP contribution in [0, 0.1) is 0 Å². The first-order chi connectivity index (χ1) is 10.7. The summed E-state index contributed by atoms with van der Waals surface area (Å²) < 4.78 is 1.71. The van der Waals surface area contributed by atoms with Crippen LogP contribution in [0.1, 0.15) is 26.2 Å². The Hall–Kier alpha value is -2.37. The highest BCUT2D eigenvalue weighted by atomic mass is 16.2. The highest BCUT2D eigenvalue weighted by molar-refractivity contribution is 5.92. The maximum absolute atomic E-state index is 12.5. The normalized spacial score (nSPS) is 17.4. The van der Waals surface area contributed by atoms with Crippen molar-refractivity contribution in [3.05, 3.63) is 30.4 Å². The Morgan fingerprint density at radius 1 is 1.45 bits per heavy atom. The molecule has 2 amide bonds. The fraction of sp³-hybridized carbons (Fsp3) is 0.438. The SMILES string of the molecule is CCCC[C@@H]1C=CCN1C(=O)Nc1ccc2c(c1)nnn2C. The lowest BCUT2D eigenvalue weighted by Gasteiger charge is -2.24. The Morgan fingerprint density at radius 3 is 3.14 bits per heavy atom. The quantitative estimate of drug-likeness (QED) is 0.883. The standard InChI is InChI=1S/C16H21N5O/c1-3-4-6-13-7-5-10-21(13)16(22)17-12-8-9-15-14(11-12)18-19-20(15)2/h5,7-9,11,13H,3-4,6,10H2,1-2H3,(H,17,22)/t13-/m1/s1. The number of rotatable bonds is 4. The third kappa shape index (κ3) is 2.81. The van der Waals surface area contributed by atoms with Crippen molar-refractivity contribution in [2.24, 2.45) is 7.05 Å². The van der Waals surface area contributed by atoms with Crippen molar-refractivity contribution in [3.8, 4) is 0 Å². The van der Waals surface area contributed by atoms with E-state index in [4.69, 9.17) is 0 Å². The molecular formula is C16H21N5O. The first-order valence-corrected chi connectivity index (χ1v) is 7.72. The molecule has 1 aromatic carbocycles. The van der Waals surface area contributed by atoms with Crippen molar-refractivity contribution in [2.45, 2.75) is 32.2 Å². The summed E-state index contributed by atoms with van der Waals surface area (Å²) in [4.78, 5) is 14.3. The van der Waals surface area contributed by atoms with Gasteiger partial charge in [0.2, 0.25) is 0 Å². The van der Waals surface area contributed by atoms with Gasteiger partial charge in [0, 0.05) is 19.3 Å². The maximum Gasteiger partial charge on any atom is 0.322 e. The van der Waals surface area contributed by atoms with Gasteiger partial charge in [-0.1, -0.05) is 37.1 Å². The third-order valence-electron chi connectivity index (χ3n) is 4.04. The molecule has 1 aromatic heterocycles. The number of urea groups is 1. The van der Waals surface area contributed by atoms with Crippen LogP contribution in [0.25, 0.3) is 11.0 Å². The van der Waals surface area contributed by atoms with Gasteiger partial charge in [0.1, 0.15) is 5.52 Å². The van der Waals surface area contributed by atoms with E-state index in [0.717, 1.165) is 36.0 Å². The molecule has 2 heterocycles. The third-order valence-corrected chi connectivity index (χ3v) is 4.04. The molecule has 1 aliphatic heterocycles. The first kappa shape index (κ1) is 14.6. The van der Waals surface area contributed by atoms with E-state index in [-0.39, 0.29) is 12.1 Å². The van der Waals surface area contributed by atoms with Crippen LogP contribution in [0.3, 0.4) is 0 Å². The molecule has 6 heteroatoms. The molecule has 6 nitrogen and oxygen atoms in total. The Morgan fingerprint density at radius 2 is 2.32 bits per heavy atom. The molecule has 0 fully saturated rings. The molecule has 0 unspecified atom stereocenters. The zero-order valence-electron chi connectivity index (χ0n) is 13.0. The zero-order chi connectivity index (χ0) is 15.5. The molecule has 0 bridgehead atoms. The van der Waals surface area contributed by atoms with Gasteiger partial charge in [0.05, 0.1) is 11.6 Å².